The minimum Gasteiger partial charge on any atom is -0.506 e. The first-order valence-electron chi connectivity index (χ1n) is 6.06. The molecule has 0 aliphatic heterocycles. The number of hydrogen-bond acceptors (Lipinski definition) is 7. The maximum atomic E-state index is 12.1. The first kappa shape index (κ1) is 15.9. The second-order valence-electron chi connectivity index (χ2n) is 4.44. The first-order valence-corrected chi connectivity index (χ1v) is 6.06. The Bertz CT molecular complexity index is 902. The number of nitrogens with one attached hydrogen (secondary N) is 1. The highest BCUT2D eigenvalue weighted by Crippen LogP contribution is 2.24. The molecule has 0 aromatic carbocycles. The molecule has 11 heteroatoms. The lowest BCUT2D eigenvalue weighted by Crippen LogP contribution is -2.35. The number of aliphatic carboxylic acids is 1. The fourth-order valence-electron chi connectivity index (χ4n) is 1.86. The molecule has 0 saturated heterocycles. The molecule has 0 bridgehead atoms. The summed E-state index contributed by atoms with van der Waals surface area (Å²) in [6.07, 6.45) is 0. The van der Waals surface area contributed by atoms with Gasteiger partial charge in [-0.3, -0.25) is 19.0 Å². The fourth-order valence-corrected chi connectivity index (χ4v) is 1.86. The van der Waals surface area contributed by atoms with Gasteiger partial charge in [-0.2, -0.15) is 0 Å². The number of carboxylic acids is 2. The van der Waals surface area contributed by atoms with Gasteiger partial charge in [-0.15, -0.1) is 10.2 Å². The molecular weight excluding hydrogens is 312 g/mol. The van der Waals surface area contributed by atoms with E-state index in [1.165, 1.54) is 7.05 Å². The second-order valence-corrected chi connectivity index (χ2v) is 4.44. The normalized spacial score (nSPS) is 10.5. The van der Waals surface area contributed by atoms with E-state index in [0.717, 1.165) is 10.6 Å². The van der Waals surface area contributed by atoms with Crippen LogP contribution in [0.3, 0.4) is 0 Å². The Hall–Kier alpha value is -3.50. The molecule has 120 valence electrons. The van der Waals surface area contributed by atoms with Gasteiger partial charge in [0.1, 0.15) is 17.9 Å². The summed E-state index contributed by atoms with van der Waals surface area (Å²) in [4.78, 5) is 45.4. The lowest BCUT2D eigenvalue weighted by molar-refractivity contribution is -0.135. The van der Waals surface area contributed by atoms with Gasteiger partial charge >= 0.3 is 11.9 Å². The van der Waals surface area contributed by atoms with E-state index in [1.54, 1.807) is 0 Å². The number of aromatic carboxylic acids is 1. The highest BCUT2D eigenvalue weighted by molar-refractivity contribution is 6.03. The van der Waals surface area contributed by atoms with Crippen molar-refractivity contribution in [2.75, 3.05) is 6.54 Å². The van der Waals surface area contributed by atoms with Gasteiger partial charge in [0.05, 0.1) is 5.39 Å². The zero-order chi connectivity index (χ0) is 17.3. The number of carbonyl (C=O) groups excluding carboxylic acids is 1. The first-order chi connectivity index (χ1) is 10.7. The summed E-state index contributed by atoms with van der Waals surface area (Å²) in [5.41, 5.74) is -2.28. The smallest absolute Gasteiger partial charge is 0.356 e. The molecule has 11 nitrogen and oxygen atoms in total. The number of carbonyl (C=O) groups is 3. The zero-order valence-electron chi connectivity index (χ0n) is 11.6. The van der Waals surface area contributed by atoms with Crippen LogP contribution in [-0.4, -0.2) is 54.5 Å². The van der Waals surface area contributed by atoms with Crippen LogP contribution in [0.2, 0.25) is 0 Å². The monoisotopic (exact) mass is 322 g/mol. The van der Waals surface area contributed by atoms with Gasteiger partial charge in [0.15, 0.2) is 11.3 Å². The molecular formula is C12H10N4O7. The zero-order valence-corrected chi connectivity index (χ0v) is 11.6. The molecule has 1 amide bonds. The van der Waals surface area contributed by atoms with E-state index in [0.29, 0.717) is 0 Å². The maximum Gasteiger partial charge on any atom is 0.356 e. The predicted molar refractivity (Wildman–Crippen MR) is 73.4 cm³/mol. The largest absolute Gasteiger partial charge is 0.506 e. The minimum absolute atomic E-state index is 0.132. The van der Waals surface area contributed by atoms with E-state index < -0.39 is 47.0 Å². The van der Waals surface area contributed by atoms with Gasteiger partial charge in [-0.25, -0.2) is 4.79 Å². The Labute approximate surface area is 126 Å². The summed E-state index contributed by atoms with van der Waals surface area (Å²) in [5, 5.41) is 36.2. The van der Waals surface area contributed by atoms with Crippen molar-refractivity contribution in [3.8, 4) is 5.75 Å². The second kappa shape index (κ2) is 5.71. The van der Waals surface area contributed by atoms with E-state index in [2.05, 4.69) is 10.2 Å². The molecule has 0 radical (unpaired) electrons. The molecule has 2 aromatic rings. The number of amides is 1. The van der Waals surface area contributed by atoms with Crippen LogP contribution in [0, 0.1) is 0 Å². The number of pyridine rings is 1. The molecule has 0 saturated carbocycles. The van der Waals surface area contributed by atoms with Gasteiger partial charge in [0.2, 0.25) is 0 Å². The Morgan fingerprint density at radius 3 is 2.48 bits per heavy atom. The van der Waals surface area contributed by atoms with Crippen molar-refractivity contribution in [1.82, 2.24) is 20.1 Å². The molecule has 2 aromatic heterocycles. The number of rotatable bonds is 4. The van der Waals surface area contributed by atoms with E-state index in [4.69, 9.17) is 10.2 Å². The van der Waals surface area contributed by atoms with Gasteiger partial charge in [0.25, 0.3) is 11.5 Å². The van der Waals surface area contributed by atoms with Crippen LogP contribution in [0.1, 0.15) is 20.8 Å². The summed E-state index contributed by atoms with van der Waals surface area (Å²) < 4.78 is 0.892. The Morgan fingerprint density at radius 2 is 1.91 bits per heavy atom. The lowest BCUT2D eigenvalue weighted by Gasteiger charge is -2.10. The molecule has 0 fully saturated rings. The highest BCUT2D eigenvalue weighted by Gasteiger charge is 2.23. The van der Waals surface area contributed by atoms with Gasteiger partial charge in [0, 0.05) is 7.05 Å². The third-order valence-corrected chi connectivity index (χ3v) is 2.95. The van der Waals surface area contributed by atoms with Gasteiger partial charge in [-0.05, 0) is 6.07 Å². The molecule has 2 rings (SSSR count). The van der Waals surface area contributed by atoms with Crippen molar-refractivity contribution in [3.05, 3.63) is 27.7 Å². The van der Waals surface area contributed by atoms with Crippen LogP contribution >= 0.6 is 0 Å². The summed E-state index contributed by atoms with van der Waals surface area (Å²) in [7, 11) is 1.24. The number of aryl methyl sites for hydroxylation is 1. The SMILES string of the molecule is Cn1c(=O)c(C(=O)NCC(=O)O)c(O)c2cc(C(=O)O)nnc21. The van der Waals surface area contributed by atoms with Crippen LogP contribution < -0.4 is 10.9 Å². The third kappa shape index (κ3) is 2.79. The summed E-state index contributed by atoms with van der Waals surface area (Å²) >= 11 is 0. The van der Waals surface area contributed by atoms with E-state index >= 15 is 0 Å². The topological polar surface area (TPSA) is 172 Å². The number of nitrogens with zero attached hydrogens (tertiary/aromatic N) is 3. The molecule has 0 atom stereocenters. The molecule has 23 heavy (non-hydrogen) atoms. The number of fused-ring (bicyclic) bond motifs is 1. The van der Waals surface area contributed by atoms with Crippen molar-refractivity contribution in [3.63, 3.8) is 0 Å². The third-order valence-electron chi connectivity index (χ3n) is 2.95. The van der Waals surface area contributed by atoms with Crippen molar-refractivity contribution >= 4 is 28.9 Å². The molecule has 0 aliphatic carbocycles. The van der Waals surface area contributed by atoms with E-state index in [9.17, 15) is 24.3 Å². The standard InChI is InChI=1S/C12H10N4O7/c1-16-9-4(2-5(12(22)23)14-15-9)8(19)7(11(16)21)10(20)13-3-6(17)18/h2,19H,3H2,1H3,(H,13,20)(H,17,18)(H,22,23). The lowest BCUT2D eigenvalue weighted by atomic mass is 10.1. The number of aromatic nitrogens is 3. The van der Waals surface area contributed by atoms with Crippen molar-refractivity contribution < 1.29 is 29.7 Å². The Balaban J connectivity index is 2.70. The maximum absolute atomic E-state index is 12.1. The molecule has 4 N–H and O–H groups in total. The van der Waals surface area contributed by atoms with E-state index in [1.807, 2.05) is 5.32 Å². The van der Waals surface area contributed by atoms with Crippen molar-refractivity contribution in [2.24, 2.45) is 7.05 Å². The van der Waals surface area contributed by atoms with Gasteiger partial charge < -0.3 is 20.6 Å². The Kier molecular flexibility index (Phi) is 3.94. The quantitative estimate of drug-likeness (QED) is 0.525. The fraction of sp³-hybridized carbons (Fsp3) is 0.167. The van der Waals surface area contributed by atoms with Crippen LogP contribution in [-0.2, 0) is 11.8 Å². The van der Waals surface area contributed by atoms with Gasteiger partial charge in [-0.1, -0.05) is 0 Å². The molecule has 0 spiro atoms. The van der Waals surface area contributed by atoms with E-state index in [-0.39, 0.29) is 11.0 Å². The minimum atomic E-state index is -1.41. The summed E-state index contributed by atoms with van der Waals surface area (Å²) in [6, 6.07) is 0.952. The van der Waals surface area contributed by atoms with Crippen LogP contribution in [0.15, 0.2) is 10.9 Å². The average molecular weight is 322 g/mol. The van der Waals surface area contributed by atoms with Crippen molar-refractivity contribution in [2.45, 2.75) is 0 Å². The number of aromatic hydroxyl groups is 1. The Morgan fingerprint density at radius 1 is 1.26 bits per heavy atom. The van der Waals surface area contributed by atoms with Crippen molar-refractivity contribution in [1.29, 1.82) is 0 Å². The van der Waals surface area contributed by atoms with Crippen LogP contribution in [0.25, 0.3) is 11.0 Å². The van der Waals surface area contributed by atoms with Crippen LogP contribution in [0.5, 0.6) is 5.75 Å². The average Bonchev–Trinajstić information content (AvgIpc) is 2.50. The van der Waals surface area contributed by atoms with Crippen LogP contribution in [0.4, 0.5) is 0 Å². The number of carboxylic acid groups (broad SMARTS) is 2. The number of hydrogen-bond donors (Lipinski definition) is 4. The summed E-state index contributed by atoms with van der Waals surface area (Å²) in [6.45, 7) is -0.756. The predicted octanol–water partition coefficient (Wildman–Crippen LogP) is -1.45. The summed E-state index contributed by atoms with van der Waals surface area (Å²) in [5.74, 6) is -4.66. The highest BCUT2D eigenvalue weighted by atomic mass is 16.4. The molecule has 0 unspecified atom stereocenters. The molecule has 2 heterocycles. The molecule has 0 aliphatic rings.